The van der Waals surface area contributed by atoms with E-state index >= 15 is 0 Å². The standard InChI is InChI=1S/C20H22ClF2N5O3/c21-13-3-1-2-12(8-13)17-16(15-9-27(20(24)30)4-5-28(15)26-17)18(29)25-14-6-11(7-14)10-31-19(22)23/h1-3,8,11,14,19H,4-7,9-10H2,(H2,24,30)(H,25,29). The van der Waals surface area contributed by atoms with Crippen molar-refractivity contribution in [2.24, 2.45) is 11.7 Å². The van der Waals surface area contributed by atoms with E-state index in [1.165, 1.54) is 4.90 Å². The molecule has 3 N–H and O–H groups in total. The highest BCUT2D eigenvalue weighted by Gasteiger charge is 2.35. The number of carbonyl (C=O) groups is 2. The lowest BCUT2D eigenvalue weighted by Gasteiger charge is -2.35. The van der Waals surface area contributed by atoms with Gasteiger partial charge in [-0.1, -0.05) is 23.7 Å². The summed E-state index contributed by atoms with van der Waals surface area (Å²) in [6.07, 6.45) is 1.11. The summed E-state index contributed by atoms with van der Waals surface area (Å²) in [5.74, 6) is -0.348. The van der Waals surface area contributed by atoms with Crippen LogP contribution in [-0.2, 0) is 17.8 Å². The summed E-state index contributed by atoms with van der Waals surface area (Å²) in [5, 5.41) is 8.07. The van der Waals surface area contributed by atoms with Gasteiger partial charge in [-0.2, -0.15) is 13.9 Å². The zero-order valence-electron chi connectivity index (χ0n) is 16.6. The fourth-order valence-corrected chi connectivity index (χ4v) is 4.23. The van der Waals surface area contributed by atoms with Crippen molar-refractivity contribution in [3.05, 3.63) is 40.5 Å². The highest BCUT2D eigenvalue weighted by Crippen LogP contribution is 2.32. The average Bonchev–Trinajstić information content (AvgIpc) is 3.08. The Bertz CT molecular complexity index is 993. The Morgan fingerprint density at radius 3 is 2.77 bits per heavy atom. The molecular weight excluding hydrogens is 432 g/mol. The molecule has 11 heteroatoms. The number of ether oxygens (including phenoxy) is 1. The van der Waals surface area contributed by atoms with Crippen LogP contribution in [0.15, 0.2) is 24.3 Å². The predicted molar refractivity (Wildman–Crippen MR) is 109 cm³/mol. The monoisotopic (exact) mass is 453 g/mol. The van der Waals surface area contributed by atoms with Gasteiger partial charge in [-0.25, -0.2) is 4.79 Å². The topological polar surface area (TPSA) is 102 Å². The first-order valence-electron chi connectivity index (χ1n) is 9.92. The summed E-state index contributed by atoms with van der Waals surface area (Å²) in [6.45, 7) is -1.85. The first kappa shape index (κ1) is 21.5. The van der Waals surface area contributed by atoms with E-state index in [4.69, 9.17) is 17.3 Å². The Morgan fingerprint density at radius 1 is 1.32 bits per heavy atom. The summed E-state index contributed by atoms with van der Waals surface area (Å²) in [7, 11) is 0. The maximum Gasteiger partial charge on any atom is 0.345 e. The van der Waals surface area contributed by atoms with Crippen molar-refractivity contribution in [2.45, 2.75) is 38.6 Å². The summed E-state index contributed by atoms with van der Waals surface area (Å²) in [4.78, 5) is 26.4. The van der Waals surface area contributed by atoms with E-state index in [1.54, 1.807) is 22.9 Å². The molecule has 1 aliphatic carbocycles. The second-order valence-electron chi connectivity index (χ2n) is 7.77. The number of primary amides is 1. The number of fused-ring (bicyclic) bond motifs is 1. The van der Waals surface area contributed by atoms with Crippen molar-refractivity contribution in [3.8, 4) is 11.3 Å². The van der Waals surface area contributed by atoms with Crippen LogP contribution >= 0.6 is 11.6 Å². The number of halogens is 3. The smallest absolute Gasteiger partial charge is 0.345 e. The van der Waals surface area contributed by atoms with Crippen LogP contribution in [0.3, 0.4) is 0 Å². The highest BCUT2D eigenvalue weighted by atomic mass is 35.5. The first-order valence-corrected chi connectivity index (χ1v) is 10.3. The molecule has 1 saturated carbocycles. The van der Waals surface area contributed by atoms with Crippen molar-refractivity contribution in [1.29, 1.82) is 0 Å². The van der Waals surface area contributed by atoms with Crippen LogP contribution in [0.25, 0.3) is 11.3 Å². The van der Waals surface area contributed by atoms with Gasteiger partial charge in [0, 0.05) is 23.2 Å². The Hall–Kier alpha value is -2.72. The van der Waals surface area contributed by atoms with E-state index < -0.39 is 12.6 Å². The zero-order chi connectivity index (χ0) is 22.1. The van der Waals surface area contributed by atoms with Crippen molar-refractivity contribution in [2.75, 3.05) is 13.2 Å². The van der Waals surface area contributed by atoms with Gasteiger partial charge < -0.3 is 20.7 Å². The van der Waals surface area contributed by atoms with Gasteiger partial charge in [0.15, 0.2) is 0 Å². The number of alkyl halides is 2. The third-order valence-corrected chi connectivity index (χ3v) is 5.88. The molecule has 4 rings (SSSR count). The molecular formula is C20H22ClF2N5O3. The molecule has 2 aromatic rings. The fourth-order valence-electron chi connectivity index (χ4n) is 4.04. The van der Waals surface area contributed by atoms with Crippen molar-refractivity contribution >= 4 is 23.5 Å². The maximum absolute atomic E-state index is 13.2. The first-order chi connectivity index (χ1) is 14.8. The minimum absolute atomic E-state index is 0.0156. The second-order valence-corrected chi connectivity index (χ2v) is 8.20. The molecule has 0 atom stereocenters. The Morgan fingerprint density at radius 2 is 2.10 bits per heavy atom. The minimum atomic E-state index is -2.79. The predicted octanol–water partition coefficient (Wildman–Crippen LogP) is 2.85. The number of hydrogen-bond acceptors (Lipinski definition) is 4. The van der Waals surface area contributed by atoms with E-state index in [2.05, 4.69) is 15.2 Å². The van der Waals surface area contributed by atoms with Crippen LogP contribution < -0.4 is 11.1 Å². The van der Waals surface area contributed by atoms with Gasteiger partial charge in [0.25, 0.3) is 5.91 Å². The zero-order valence-corrected chi connectivity index (χ0v) is 17.3. The molecule has 0 spiro atoms. The average molecular weight is 454 g/mol. The molecule has 3 amide bonds. The van der Waals surface area contributed by atoms with Crippen molar-refractivity contribution < 1.29 is 23.1 Å². The van der Waals surface area contributed by atoms with E-state index in [0.29, 0.717) is 53.5 Å². The van der Waals surface area contributed by atoms with Crippen molar-refractivity contribution in [3.63, 3.8) is 0 Å². The quantitative estimate of drug-likeness (QED) is 0.702. The molecule has 1 aromatic heterocycles. The third kappa shape index (κ3) is 4.64. The third-order valence-electron chi connectivity index (χ3n) is 5.65. The molecule has 1 aromatic carbocycles. The molecule has 0 radical (unpaired) electrons. The normalized spacial score (nSPS) is 20.3. The number of aromatic nitrogens is 2. The highest BCUT2D eigenvalue weighted by molar-refractivity contribution is 6.30. The van der Waals surface area contributed by atoms with Gasteiger partial charge in [0.2, 0.25) is 0 Å². The lowest BCUT2D eigenvalue weighted by Crippen LogP contribution is -2.46. The molecule has 8 nitrogen and oxygen atoms in total. The van der Waals surface area contributed by atoms with Crippen LogP contribution in [0.5, 0.6) is 0 Å². The molecule has 166 valence electrons. The summed E-state index contributed by atoms with van der Waals surface area (Å²) < 4.78 is 30.4. The molecule has 1 aliphatic heterocycles. The molecule has 2 heterocycles. The van der Waals surface area contributed by atoms with Gasteiger partial charge in [-0.05, 0) is 30.9 Å². The number of hydrogen-bond donors (Lipinski definition) is 2. The maximum atomic E-state index is 13.2. The van der Waals surface area contributed by atoms with Crippen molar-refractivity contribution in [1.82, 2.24) is 20.0 Å². The van der Waals surface area contributed by atoms with Gasteiger partial charge in [-0.15, -0.1) is 0 Å². The van der Waals surface area contributed by atoms with E-state index in [1.807, 2.05) is 6.07 Å². The number of rotatable bonds is 6. The fraction of sp³-hybridized carbons (Fsp3) is 0.450. The van der Waals surface area contributed by atoms with Gasteiger partial charge >= 0.3 is 12.6 Å². The van der Waals surface area contributed by atoms with E-state index in [-0.39, 0.29) is 31.0 Å². The number of amides is 3. The molecule has 2 aliphatic rings. The number of urea groups is 1. The van der Waals surface area contributed by atoms with Crippen LogP contribution in [0.1, 0.15) is 28.9 Å². The lowest BCUT2D eigenvalue weighted by molar-refractivity contribution is -0.145. The minimum Gasteiger partial charge on any atom is -0.351 e. The number of nitrogens with zero attached hydrogens (tertiary/aromatic N) is 3. The van der Waals surface area contributed by atoms with Gasteiger partial charge in [0.05, 0.1) is 31.0 Å². The Balaban J connectivity index is 1.57. The Kier molecular flexibility index (Phi) is 6.10. The van der Waals surface area contributed by atoms with Crippen LogP contribution in [0, 0.1) is 5.92 Å². The van der Waals surface area contributed by atoms with E-state index in [9.17, 15) is 18.4 Å². The van der Waals surface area contributed by atoms with Gasteiger partial charge in [0.1, 0.15) is 5.69 Å². The van der Waals surface area contributed by atoms with Crippen LogP contribution in [0.4, 0.5) is 13.6 Å². The number of carbonyl (C=O) groups excluding carboxylic acids is 2. The van der Waals surface area contributed by atoms with Crippen LogP contribution in [-0.4, -0.2) is 52.4 Å². The molecule has 0 unspecified atom stereocenters. The SMILES string of the molecule is NC(=O)N1CCn2nc(-c3cccc(Cl)c3)c(C(=O)NC3CC(COC(F)F)C3)c2C1. The molecule has 1 fully saturated rings. The van der Waals surface area contributed by atoms with Crippen LogP contribution in [0.2, 0.25) is 5.02 Å². The molecule has 0 saturated heterocycles. The largest absolute Gasteiger partial charge is 0.351 e. The lowest BCUT2D eigenvalue weighted by atomic mass is 9.80. The van der Waals surface area contributed by atoms with E-state index in [0.717, 1.165) is 0 Å². The summed E-state index contributed by atoms with van der Waals surface area (Å²) in [5.41, 5.74) is 7.55. The number of nitrogens with one attached hydrogen (secondary N) is 1. The van der Waals surface area contributed by atoms with Gasteiger partial charge in [-0.3, -0.25) is 9.48 Å². The number of nitrogens with two attached hydrogens (primary N) is 1. The molecule has 31 heavy (non-hydrogen) atoms. The Labute approximate surface area is 182 Å². The number of benzene rings is 1. The second kappa shape index (κ2) is 8.80. The summed E-state index contributed by atoms with van der Waals surface area (Å²) >= 11 is 6.13. The summed E-state index contributed by atoms with van der Waals surface area (Å²) in [6, 6.07) is 6.32. The molecule has 0 bridgehead atoms.